The van der Waals surface area contributed by atoms with Crippen LogP contribution in [0.2, 0.25) is 0 Å². The van der Waals surface area contributed by atoms with E-state index < -0.39 is 17.8 Å². The number of carbonyl (C=O) groups is 3. The van der Waals surface area contributed by atoms with Crippen LogP contribution in [-0.2, 0) is 9.59 Å². The molecular formula is C17H19N3O5. The minimum Gasteiger partial charge on any atom is -0.478 e. The minimum absolute atomic E-state index is 0.0590. The number of aliphatic hydroxyl groups excluding tert-OH is 1. The fourth-order valence-electron chi connectivity index (χ4n) is 3.08. The van der Waals surface area contributed by atoms with Crippen LogP contribution >= 0.6 is 0 Å². The summed E-state index contributed by atoms with van der Waals surface area (Å²) in [6.45, 7) is 1.25. The number of anilines is 2. The van der Waals surface area contributed by atoms with Gasteiger partial charge in [-0.2, -0.15) is 0 Å². The van der Waals surface area contributed by atoms with E-state index in [1.165, 1.54) is 6.07 Å². The van der Waals surface area contributed by atoms with Crippen molar-refractivity contribution in [3.63, 3.8) is 0 Å². The summed E-state index contributed by atoms with van der Waals surface area (Å²) in [5.41, 5.74) is 1.28. The molecule has 1 fully saturated rings. The lowest BCUT2D eigenvalue weighted by Gasteiger charge is -2.21. The largest absolute Gasteiger partial charge is 0.478 e. The smallest absolute Gasteiger partial charge is 0.337 e. The van der Waals surface area contributed by atoms with E-state index in [1.54, 1.807) is 12.1 Å². The van der Waals surface area contributed by atoms with E-state index in [0.29, 0.717) is 11.4 Å². The van der Waals surface area contributed by atoms with Crippen molar-refractivity contribution < 1.29 is 24.6 Å². The third-order valence-corrected chi connectivity index (χ3v) is 4.29. The van der Waals surface area contributed by atoms with Gasteiger partial charge in [0.15, 0.2) is 0 Å². The molecule has 0 radical (unpaired) electrons. The Morgan fingerprint density at radius 1 is 1.20 bits per heavy atom. The van der Waals surface area contributed by atoms with Crippen LogP contribution in [0.15, 0.2) is 30.0 Å². The maximum Gasteiger partial charge on any atom is 0.337 e. The van der Waals surface area contributed by atoms with Gasteiger partial charge < -0.3 is 20.4 Å². The first-order chi connectivity index (χ1) is 12.0. The number of aromatic carboxylic acids is 1. The maximum atomic E-state index is 12.1. The first-order valence-corrected chi connectivity index (χ1v) is 8.09. The predicted molar refractivity (Wildman–Crippen MR) is 90.4 cm³/mol. The molecule has 0 spiro atoms. The monoisotopic (exact) mass is 345 g/mol. The highest BCUT2D eigenvalue weighted by Gasteiger charge is 2.31. The molecule has 2 aliphatic rings. The lowest BCUT2D eigenvalue weighted by atomic mass is 10.1. The molecule has 3 rings (SSSR count). The molecule has 0 saturated carbocycles. The summed E-state index contributed by atoms with van der Waals surface area (Å²) in [6, 6.07) is 4.86. The van der Waals surface area contributed by atoms with Gasteiger partial charge in [-0.05, 0) is 31.0 Å². The van der Waals surface area contributed by atoms with Crippen molar-refractivity contribution in [1.29, 1.82) is 0 Å². The van der Waals surface area contributed by atoms with Crippen molar-refractivity contribution in [3.8, 4) is 0 Å². The highest BCUT2D eigenvalue weighted by Crippen LogP contribution is 2.28. The molecule has 1 saturated heterocycles. The van der Waals surface area contributed by atoms with Crippen molar-refractivity contribution >= 4 is 29.2 Å². The number of rotatable bonds is 6. The zero-order chi connectivity index (χ0) is 18.0. The standard InChI is InChI=1S/C17H19N3O5/c21-8-7-20-15(22)10-13(16(20)23)18-11-3-4-14(12(9-11)17(24)25)19-5-1-2-6-19/h3-4,9-10,18,21H,1-2,5-8H2,(H,24,25). The second-order valence-corrected chi connectivity index (χ2v) is 5.93. The van der Waals surface area contributed by atoms with Crippen molar-refractivity contribution in [2.24, 2.45) is 0 Å². The Morgan fingerprint density at radius 2 is 1.92 bits per heavy atom. The number of hydrogen-bond donors (Lipinski definition) is 3. The molecule has 0 aliphatic carbocycles. The molecule has 1 aromatic carbocycles. The van der Waals surface area contributed by atoms with Gasteiger partial charge in [0.2, 0.25) is 0 Å². The SMILES string of the molecule is O=C(O)c1cc(NC2=CC(=O)N(CCO)C2=O)ccc1N1CCCC1. The average molecular weight is 345 g/mol. The molecule has 8 heteroatoms. The van der Waals surface area contributed by atoms with Gasteiger partial charge in [-0.15, -0.1) is 0 Å². The molecule has 2 amide bonds. The summed E-state index contributed by atoms with van der Waals surface area (Å²) in [5.74, 6) is -2.09. The van der Waals surface area contributed by atoms with Crippen LogP contribution in [0.3, 0.4) is 0 Å². The number of nitrogens with one attached hydrogen (secondary N) is 1. The lowest BCUT2D eigenvalue weighted by molar-refractivity contribution is -0.137. The van der Waals surface area contributed by atoms with E-state index in [-0.39, 0.29) is 24.4 Å². The van der Waals surface area contributed by atoms with Crippen LogP contribution in [0.5, 0.6) is 0 Å². The molecule has 3 N–H and O–H groups in total. The van der Waals surface area contributed by atoms with Crippen LogP contribution in [0, 0.1) is 0 Å². The summed E-state index contributed by atoms with van der Waals surface area (Å²) in [5, 5.41) is 21.2. The Bertz CT molecular complexity index is 753. The molecule has 8 nitrogen and oxygen atoms in total. The predicted octanol–water partition coefficient (Wildman–Crippen LogP) is 0.642. The van der Waals surface area contributed by atoms with Gasteiger partial charge in [0.05, 0.1) is 24.4 Å². The van der Waals surface area contributed by atoms with Gasteiger partial charge in [0, 0.05) is 24.9 Å². The van der Waals surface area contributed by atoms with E-state index >= 15 is 0 Å². The number of aliphatic hydroxyl groups is 1. The summed E-state index contributed by atoms with van der Waals surface area (Å²) in [7, 11) is 0. The van der Waals surface area contributed by atoms with Crippen LogP contribution in [0.1, 0.15) is 23.2 Å². The van der Waals surface area contributed by atoms with Crippen LogP contribution in [0.25, 0.3) is 0 Å². The maximum absolute atomic E-state index is 12.1. The first kappa shape index (κ1) is 17.0. The number of amides is 2. The fourth-order valence-corrected chi connectivity index (χ4v) is 3.08. The van der Waals surface area contributed by atoms with Gasteiger partial charge in [-0.25, -0.2) is 4.79 Å². The molecule has 0 aromatic heterocycles. The number of carboxylic acid groups (broad SMARTS) is 1. The van der Waals surface area contributed by atoms with Crippen molar-refractivity contribution in [2.45, 2.75) is 12.8 Å². The van der Waals surface area contributed by atoms with E-state index in [9.17, 15) is 19.5 Å². The quantitative estimate of drug-likeness (QED) is 0.649. The van der Waals surface area contributed by atoms with E-state index in [4.69, 9.17) is 5.11 Å². The second kappa shape index (κ2) is 6.94. The van der Waals surface area contributed by atoms with E-state index in [1.807, 2.05) is 4.90 Å². The summed E-state index contributed by atoms with van der Waals surface area (Å²) in [6.07, 6.45) is 3.21. The van der Waals surface area contributed by atoms with Gasteiger partial charge in [-0.1, -0.05) is 0 Å². The van der Waals surface area contributed by atoms with E-state index in [0.717, 1.165) is 36.9 Å². The number of hydrogen-bond acceptors (Lipinski definition) is 6. The Labute approximate surface area is 144 Å². The van der Waals surface area contributed by atoms with Crippen LogP contribution in [0.4, 0.5) is 11.4 Å². The van der Waals surface area contributed by atoms with Crippen molar-refractivity contribution in [2.75, 3.05) is 36.5 Å². The number of carbonyl (C=O) groups excluding carboxylic acids is 2. The van der Waals surface area contributed by atoms with Crippen molar-refractivity contribution in [1.82, 2.24) is 4.90 Å². The molecule has 0 bridgehead atoms. The zero-order valence-electron chi connectivity index (χ0n) is 13.6. The van der Waals surface area contributed by atoms with Gasteiger partial charge >= 0.3 is 5.97 Å². The van der Waals surface area contributed by atoms with Gasteiger partial charge in [-0.3, -0.25) is 14.5 Å². The van der Waals surface area contributed by atoms with Crippen molar-refractivity contribution in [3.05, 3.63) is 35.5 Å². The minimum atomic E-state index is -1.05. The lowest BCUT2D eigenvalue weighted by Crippen LogP contribution is -2.34. The normalized spacial score (nSPS) is 17.2. The summed E-state index contributed by atoms with van der Waals surface area (Å²) >= 11 is 0. The molecule has 0 atom stereocenters. The number of β-amino-alcohol motifs (C(OH)–C–C–N with tert-alkyl or cyclic N) is 1. The number of benzene rings is 1. The fraction of sp³-hybridized carbons (Fsp3) is 0.353. The Balaban J connectivity index is 1.83. The highest BCUT2D eigenvalue weighted by atomic mass is 16.4. The molecule has 25 heavy (non-hydrogen) atoms. The third kappa shape index (κ3) is 3.34. The summed E-state index contributed by atoms with van der Waals surface area (Å²) < 4.78 is 0. The average Bonchev–Trinajstić information content (AvgIpc) is 3.20. The molecule has 2 heterocycles. The highest BCUT2D eigenvalue weighted by molar-refractivity contribution is 6.17. The Morgan fingerprint density at radius 3 is 2.56 bits per heavy atom. The molecule has 1 aromatic rings. The first-order valence-electron chi connectivity index (χ1n) is 8.09. The van der Waals surface area contributed by atoms with Crippen LogP contribution < -0.4 is 10.2 Å². The van der Waals surface area contributed by atoms with Gasteiger partial charge in [0.25, 0.3) is 11.8 Å². The number of carboxylic acids is 1. The topological polar surface area (TPSA) is 110 Å². The van der Waals surface area contributed by atoms with Crippen LogP contribution in [-0.4, -0.2) is 59.1 Å². The molecule has 2 aliphatic heterocycles. The number of nitrogens with zero attached hydrogens (tertiary/aromatic N) is 2. The second-order valence-electron chi connectivity index (χ2n) is 5.93. The zero-order valence-corrected chi connectivity index (χ0v) is 13.6. The summed E-state index contributed by atoms with van der Waals surface area (Å²) in [4.78, 5) is 38.5. The Hall–Kier alpha value is -2.87. The molecule has 132 valence electrons. The number of imide groups is 1. The van der Waals surface area contributed by atoms with E-state index in [2.05, 4.69) is 5.32 Å². The third-order valence-electron chi connectivity index (χ3n) is 4.29. The Kier molecular flexibility index (Phi) is 4.71. The van der Waals surface area contributed by atoms with Gasteiger partial charge in [0.1, 0.15) is 5.70 Å². The molecular weight excluding hydrogens is 326 g/mol. The molecule has 0 unspecified atom stereocenters.